The monoisotopic (exact) mass is 526 g/mol. The van der Waals surface area contributed by atoms with Crippen LogP contribution in [0.25, 0.3) is 0 Å². The number of hydrogen-bond acceptors (Lipinski definition) is 9. The zero-order valence-electron chi connectivity index (χ0n) is 20.2. The molecule has 196 valence electrons. The lowest BCUT2D eigenvalue weighted by molar-refractivity contribution is 0.0764. The van der Waals surface area contributed by atoms with Crippen molar-refractivity contribution < 1.29 is 44.6 Å². The molecule has 3 unspecified atom stereocenters. The summed E-state index contributed by atoms with van der Waals surface area (Å²) in [6.07, 6.45) is -1.90. The van der Waals surface area contributed by atoms with Gasteiger partial charge in [-0.15, -0.1) is 0 Å². The van der Waals surface area contributed by atoms with Crippen molar-refractivity contribution in [3.63, 3.8) is 0 Å². The fourth-order valence-electron chi connectivity index (χ4n) is 5.18. The Kier molecular flexibility index (Phi) is 5.57. The van der Waals surface area contributed by atoms with Crippen molar-refractivity contribution in [2.24, 2.45) is 0 Å². The molecule has 6 rings (SSSR count). The van der Waals surface area contributed by atoms with E-state index in [0.29, 0.717) is 11.1 Å². The molecule has 0 aromatic heterocycles. The Morgan fingerprint density at radius 1 is 0.667 bits per heavy atom. The number of rotatable bonds is 3. The summed E-state index contributed by atoms with van der Waals surface area (Å²) >= 11 is 0. The number of phenolic OH excluding ortho intramolecular Hbond substituents is 5. The topological polar surface area (TPSA) is 154 Å². The molecule has 9 nitrogen and oxygen atoms in total. The van der Waals surface area contributed by atoms with E-state index in [2.05, 4.69) is 0 Å². The molecule has 2 heterocycles. The zero-order chi connectivity index (χ0) is 27.4. The van der Waals surface area contributed by atoms with Crippen LogP contribution in [-0.2, 0) is 0 Å². The number of phenols is 5. The molecule has 0 spiro atoms. The first-order valence-corrected chi connectivity index (χ1v) is 12.1. The normalized spacial score (nSPS) is 19.9. The van der Waals surface area contributed by atoms with Crippen LogP contribution in [0, 0.1) is 0 Å². The van der Waals surface area contributed by atoms with Gasteiger partial charge in [-0.3, -0.25) is 9.59 Å². The Morgan fingerprint density at radius 3 is 1.95 bits per heavy atom. The van der Waals surface area contributed by atoms with E-state index in [-0.39, 0.29) is 51.9 Å². The smallest absolute Gasteiger partial charge is 0.178 e. The first-order valence-electron chi connectivity index (χ1n) is 12.1. The van der Waals surface area contributed by atoms with Gasteiger partial charge in [-0.05, 0) is 47.5 Å². The highest BCUT2D eigenvalue weighted by molar-refractivity contribution is 6.08. The minimum absolute atomic E-state index is 0.0131. The van der Waals surface area contributed by atoms with Gasteiger partial charge in [0.05, 0.1) is 23.5 Å². The molecule has 3 atom stereocenters. The van der Waals surface area contributed by atoms with Crippen LogP contribution >= 0.6 is 0 Å². The second-order valence-corrected chi connectivity index (χ2v) is 9.51. The van der Waals surface area contributed by atoms with Crippen LogP contribution < -0.4 is 9.47 Å². The number of carbonyl (C=O) groups is 2. The van der Waals surface area contributed by atoms with Gasteiger partial charge in [-0.25, -0.2) is 0 Å². The molecule has 0 fully saturated rings. The Morgan fingerprint density at radius 2 is 1.28 bits per heavy atom. The van der Waals surface area contributed by atoms with Crippen LogP contribution in [0.3, 0.4) is 0 Å². The summed E-state index contributed by atoms with van der Waals surface area (Å²) in [7, 11) is 0. The number of Topliss-reactive ketones (excluding diaryl/α,β-unsaturated/α-hetero) is 2. The van der Waals surface area contributed by atoms with E-state index in [9.17, 15) is 35.1 Å². The Labute approximate surface area is 221 Å². The first kappa shape index (κ1) is 24.2. The maximum absolute atomic E-state index is 13.8. The summed E-state index contributed by atoms with van der Waals surface area (Å²) in [6.45, 7) is 0. The molecule has 5 N–H and O–H groups in total. The van der Waals surface area contributed by atoms with Crippen molar-refractivity contribution in [3.8, 4) is 40.2 Å². The van der Waals surface area contributed by atoms with Crippen LogP contribution in [0.15, 0.2) is 72.8 Å². The maximum atomic E-state index is 13.8. The molecule has 0 bridgehead atoms. The summed E-state index contributed by atoms with van der Waals surface area (Å²) in [4.78, 5) is 27.1. The fraction of sp³-hybridized carbons (Fsp3) is 0.133. The van der Waals surface area contributed by atoms with Gasteiger partial charge in [0.2, 0.25) is 0 Å². The molecular weight excluding hydrogens is 504 g/mol. The standard InChI is InChI=1S/C30H22O9/c31-16-5-1-14(2-6-16)22-12-20(34)25-24(38-22)13-21(35)26(29(25)37)27-28(36)19-10-9-18(33)11-23(19)39-30(27)15-3-7-17(32)8-4-15/h1-11,13,22,27,30-33,35,37H,12H2. The van der Waals surface area contributed by atoms with Crippen molar-refractivity contribution in [1.82, 2.24) is 0 Å². The second kappa shape index (κ2) is 8.98. The fourth-order valence-corrected chi connectivity index (χ4v) is 5.18. The lowest BCUT2D eigenvalue weighted by Crippen LogP contribution is -2.30. The van der Waals surface area contributed by atoms with Gasteiger partial charge < -0.3 is 35.0 Å². The molecular formula is C30H22O9. The Hall–Kier alpha value is -5.18. The SMILES string of the molecule is O=C1CC(c2ccc(O)cc2)Oc2cc(O)c(C3C(=O)c4ccc(O)cc4OC3c3ccc(O)cc3)c(O)c21. The highest BCUT2D eigenvalue weighted by Crippen LogP contribution is 2.53. The third kappa shape index (κ3) is 4.04. The minimum atomic E-state index is -1.28. The van der Waals surface area contributed by atoms with Gasteiger partial charge in [-0.2, -0.15) is 0 Å². The van der Waals surface area contributed by atoms with E-state index >= 15 is 0 Å². The summed E-state index contributed by atoms with van der Waals surface area (Å²) in [5.74, 6) is -3.31. The van der Waals surface area contributed by atoms with Gasteiger partial charge in [-0.1, -0.05) is 24.3 Å². The van der Waals surface area contributed by atoms with Gasteiger partial charge >= 0.3 is 0 Å². The molecule has 0 saturated carbocycles. The molecule has 2 aliphatic rings. The Balaban J connectivity index is 1.47. The van der Waals surface area contributed by atoms with Crippen molar-refractivity contribution >= 4 is 11.6 Å². The zero-order valence-corrected chi connectivity index (χ0v) is 20.2. The molecule has 39 heavy (non-hydrogen) atoms. The van der Waals surface area contributed by atoms with E-state index in [4.69, 9.17) is 9.47 Å². The maximum Gasteiger partial charge on any atom is 0.178 e. The average molecular weight is 526 g/mol. The highest BCUT2D eigenvalue weighted by atomic mass is 16.5. The number of aromatic hydroxyl groups is 5. The number of carbonyl (C=O) groups excluding carboxylic acids is 2. The molecule has 2 aliphatic heterocycles. The van der Waals surface area contributed by atoms with E-state index < -0.39 is 41.2 Å². The van der Waals surface area contributed by atoms with Crippen molar-refractivity contribution in [3.05, 3.63) is 101 Å². The number of fused-ring (bicyclic) bond motifs is 2. The van der Waals surface area contributed by atoms with Crippen molar-refractivity contribution in [2.75, 3.05) is 0 Å². The third-order valence-electron chi connectivity index (χ3n) is 7.07. The van der Waals surface area contributed by atoms with E-state index in [1.54, 1.807) is 12.1 Å². The summed E-state index contributed by atoms with van der Waals surface area (Å²) in [5.41, 5.74) is 0.839. The largest absolute Gasteiger partial charge is 0.508 e. The molecule has 0 radical (unpaired) electrons. The van der Waals surface area contributed by atoms with E-state index in [1.807, 2.05) is 0 Å². The van der Waals surface area contributed by atoms with Gasteiger partial charge in [0.1, 0.15) is 58.0 Å². The molecule has 4 aromatic rings. The predicted molar refractivity (Wildman–Crippen MR) is 137 cm³/mol. The van der Waals surface area contributed by atoms with Crippen molar-refractivity contribution in [1.29, 1.82) is 0 Å². The number of benzene rings is 4. The molecule has 9 heteroatoms. The summed E-state index contributed by atoms with van der Waals surface area (Å²) < 4.78 is 12.1. The molecule has 0 amide bonds. The van der Waals surface area contributed by atoms with Crippen LogP contribution in [0.1, 0.15) is 62.0 Å². The lowest BCUT2D eigenvalue weighted by atomic mass is 9.78. The molecule has 0 saturated heterocycles. The van der Waals surface area contributed by atoms with Gasteiger partial charge in [0, 0.05) is 12.1 Å². The predicted octanol–water partition coefficient (Wildman–Crippen LogP) is 5.02. The number of ketones is 2. The van der Waals surface area contributed by atoms with Crippen LogP contribution in [0.5, 0.6) is 40.2 Å². The first-order chi connectivity index (χ1) is 18.7. The summed E-state index contributed by atoms with van der Waals surface area (Å²) in [5, 5.41) is 51.8. The number of hydrogen-bond donors (Lipinski definition) is 5. The van der Waals surface area contributed by atoms with Crippen LogP contribution in [0.4, 0.5) is 0 Å². The van der Waals surface area contributed by atoms with E-state index in [0.717, 1.165) is 0 Å². The second-order valence-electron chi connectivity index (χ2n) is 9.51. The van der Waals surface area contributed by atoms with E-state index in [1.165, 1.54) is 60.7 Å². The van der Waals surface area contributed by atoms with Crippen LogP contribution in [0.2, 0.25) is 0 Å². The van der Waals surface area contributed by atoms with Crippen molar-refractivity contribution in [2.45, 2.75) is 24.5 Å². The van der Waals surface area contributed by atoms with Gasteiger partial charge in [0.15, 0.2) is 11.6 Å². The quantitative estimate of drug-likeness (QED) is 0.247. The summed E-state index contributed by atoms with van der Waals surface area (Å²) in [6, 6.07) is 17.3. The third-order valence-corrected chi connectivity index (χ3v) is 7.07. The van der Waals surface area contributed by atoms with Gasteiger partial charge in [0.25, 0.3) is 0 Å². The molecule has 4 aromatic carbocycles. The average Bonchev–Trinajstić information content (AvgIpc) is 2.90. The minimum Gasteiger partial charge on any atom is -0.508 e. The highest BCUT2D eigenvalue weighted by Gasteiger charge is 2.44. The Bertz CT molecular complexity index is 1620. The molecule has 0 aliphatic carbocycles. The lowest BCUT2D eigenvalue weighted by Gasteiger charge is -2.35. The van der Waals surface area contributed by atoms with Crippen LogP contribution in [-0.4, -0.2) is 37.1 Å². The number of ether oxygens (including phenoxy) is 2.